The largest absolute Gasteiger partial charge is 0.382 e. The van der Waals surface area contributed by atoms with E-state index in [-0.39, 0.29) is 24.4 Å². The SMILES string of the molecule is B[C@@H]1O[C@H](CC)C(OP(=O)(O)CC)[C@@H]1OCCOC. The van der Waals surface area contributed by atoms with E-state index >= 15 is 0 Å². The van der Waals surface area contributed by atoms with Crippen molar-refractivity contribution in [3.63, 3.8) is 0 Å². The van der Waals surface area contributed by atoms with Crippen molar-refractivity contribution in [2.75, 3.05) is 26.5 Å². The Labute approximate surface area is 115 Å². The van der Waals surface area contributed by atoms with Crippen LogP contribution in [-0.4, -0.2) is 63.5 Å². The lowest BCUT2D eigenvalue weighted by atomic mass is 9.92. The summed E-state index contributed by atoms with van der Waals surface area (Å²) in [5.74, 6) is 0. The van der Waals surface area contributed by atoms with Crippen LogP contribution in [0.3, 0.4) is 0 Å². The van der Waals surface area contributed by atoms with Gasteiger partial charge in [-0.05, 0) is 6.42 Å². The lowest BCUT2D eigenvalue weighted by Gasteiger charge is -2.25. The molecule has 0 spiro atoms. The van der Waals surface area contributed by atoms with Gasteiger partial charge in [-0.3, -0.25) is 9.09 Å². The molecule has 2 unspecified atom stereocenters. The van der Waals surface area contributed by atoms with Crippen LogP contribution in [0.15, 0.2) is 0 Å². The van der Waals surface area contributed by atoms with E-state index in [0.29, 0.717) is 19.6 Å². The third-order valence-corrected chi connectivity index (χ3v) is 4.60. The molecule has 1 heterocycles. The molecule has 0 aromatic carbocycles. The van der Waals surface area contributed by atoms with Crippen LogP contribution < -0.4 is 0 Å². The summed E-state index contributed by atoms with van der Waals surface area (Å²) in [5.41, 5.74) is 0. The molecule has 5 atom stereocenters. The first-order valence-electron chi connectivity index (χ1n) is 6.71. The van der Waals surface area contributed by atoms with Crippen LogP contribution >= 0.6 is 7.60 Å². The van der Waals surface area contributed by atoms with Gasteiger partial charge in [-0.2, -0.15) is 0 Å². The van der Waals surface area contributed by atoms with E-state index in [0.717, 1.165) is 0 Å². The molecule has 1 fully saturated rings. The zero-order valence-electron chi connectivity index (χ0n) is 12.1. The van der Waals surface area contributed by atoms with E-state index in [1.807, 2.05) is 14.8 Å². The van der Waals surface area contributed by atoms with Crippen LogP contribution in [0.2, 0.25) is 0 Å². The fourth-order valence-electron chi connectivity index (χ4n) is 2.13. The minimum absolute atomic E-state index is 0.0824. The van der Waals surface area contributed by atoms with E-state index in [4.69, 9.17) is 18.7 Å². The molecule has 19 heavy (non-hydrogen) atoms. The van der Waals surface area contributed by atoms with Gasteiger partial charge in [0.25, 0.3) is 0 Å². The van der Waals surface area contributed by atoms with Crippen LogP contribution in [0.1, 0.15) is 20.3 Å². The topological polar surface area (TPSA) is 74.2 Å². The lowest BCUT2D eigenvalue weighted by Crippen LogP contribution is -2.38. The van der Waals surface area contributed by atoms with Crippen LogP contribution in [0.25, 0.3) is 0 Å². The maximum atomic E-state index is 11.8. The van der Waals surface area contributed by atoms with Crippen molar-refractivity contribution >= 4 is 15.4 Å². The normalized spacial score (nSPS) is 34.3. The zero-order chi connectivity index (χ0) is 14.5. The Kier molecular flexibility index (Phi) is 7.01. The predicted octanol–water partition coefficient (Wildman–Crippen LogP) is 0.376. The molecule has 1 aliphatic heterocycles. The summed E-state index contributed by atoms with van der Waals surface area (Å²) in [6, 6.07) is -0.163. The van der Waals surface area contributed by atoms with Crippen molar-refractivity contribution in [3.8, 4) is 0 Å². The Bertz CT molecular complexity index is 316. The monoisotopic (exact) mass is 294 g/mol. The molecule has 112 valence electrons. The van der Waals surface area contributed by atoms with E-state index in [1.54, 1.807) is 14.0 Å². The van der Waals surface area contributed by atoms with Crippen LogP contribution in [0.4, 0.5) is 0 Å². The molecule has 8 heteroatoms. The first-order chi connectivity index (χ1) is 8.95. The summed E-state index contributed by atoms with van der Waals surface area (Å²) in [6.07, 6.45) is -0.267. The average molecular weight is 294 g/mol. The molecule has 1 rings (SSSR count). The number of methoxy groups -OCH3 is 1. The molecule has 0 amide bonds. The van der Waals surface area contributed by atoms with Crippen LogP contribution in [0, 0.1) is 0 Å². The molecular weight excluding hydrogens is 270 g/mol. The summed E-state index contributed by atoms with van der Waals surface area (Å²) in [5, 5.41) is 0. The Morgan fingerprint density at radius 2 is 2.00 bits per heavy atom. The highest BCUT2D eigenvalue weighted by Crippen LogP contribution is 2.46. The van der Waals surface area contributed by atoms with Crippen molar-refractivity contribution in [1.82, 2.24) is 0 Å². The standard InChI is InChI=1S/C11H24BO6P/c1-4-8-9(18-19(13,14)5-2)10(11(12)17-8)16-7-6-15-3/h8-11H,4-7,12H2,1-3H3,(H,13,14)/t8-,9?,10+,11-/m1/s1. The third kappa shape index (κ3) is 4.85. The highest BCUT2D eigenvalue weighted by Gasteiger charge is 2.45. The highest BCUT2D eigenvalue weighted by atomic mass is 31.2. The fraction of sp³-hybridized carbons (Fsp3) is 1.00. The molecule has 0 aromatic rings. The number of hydrogen-bond donors (Lipinski definition) is 1. The molecule has 1 saturated heterocycles. The Hall–Kier alpha value is 0.0949. The molecule has 0 saturated carbocycles. The number of hydrogen-bond acceptors (Lipinski definition) is 5. The maximum absolute atomic E-state index is 11.8. The summed E-state index contributed by atoms with van der Waals surface area (Å²) in [7, 11) is -0.0837. The predicted molar refractivity (Wildman–Crippen MR) is 74.4 cm³/mol. The van der Waals surface area contributed by atoms with Gasteiger partial charge in [0.15, 0.2) is 0 Å². The van der Waals surface area contributed by atoms with Gasteiger partial charge < -0.3 is 19.1 Å². The van der Waals surface area contributed by atoms with Gasteiger partial charge in [0.2, 0.25) is 0 Å². The Morgan fingerprint density at radius 1 is 1.32 bits per heavy atom. The molecule has 0 aromatic heterocycles. The summed E-state index contributed by atoms with van der Waals surface area (Å²) < 4.78 is 33.5. The van der Waals surface area contributed by atoms with E-state index in [1.165, 1.54) is 0 Å². The minimum Gasteiger partial charge on any atom is -0.382 e. The van der Waals surface area contributed by atoms with Gasteiger partial charge in [0, 0.05) is 13.3 Å². The van der Waals surface area contributed by atoms with Gasteiger partial charge in [-0.25, -0.2) is 0 Å². The van der Waals surface area contributed by atoms with Crippen LogP contribution in [0.5, 0.6) is 0 Å². The van der Waals surface area contributed by atoms with Crippen LogP contribution in [-0.2, 0) is 23.3 Å². The third-order valence-electron chi connectivity index (χ3n) is 3.23. The van der Waals surface area contributed by atoms with E-state index in [9.17, 15) is 9.46 Å². The van der Waals surface area contributed by atoms with Crippen molar-refractivity contribution in [2.45, 2.75) is 44.6 Å². The molecular formula is C11H24BO6P. The second-order valence-electron chi connectivity index (χ2n) is 4.64. The number of rotatable bonds is 8. The van der Waals surface area contributed by atoms with Gasteiger partial charge in [-0.15, -0.1) is 0 Å². The second-order valence-corrected chi connectivity index (χ2v) is 6.76. The highest BCUT2D eigenvalue weighted by molar-refractivity contribution is 7.52. The minimum atomic E-state index is -3.57. The summed E-state index contributed by atoms with van der Waals surface area (Å²) >= 11 is 0. The van der Waals surface area contributed by atoms with Gasteiger partial charge in [0.1, 0.15) is 20.1 Å². The number of ether oxygens (including phenoxy) is 3. The fourth-order valence-corrected chi connectivity index (χ4v) is 2.91. The molecule has 0 aliphatic carbocycles. The Balaban J connectivity index is 2.70. The molecule has 0 radical (unpaired) electrons. The van der Waals surface area contributed by atoms with Gasteiger partial charge >= 0.3 is 7.60 Å². The quantitative estimate of drug-likeness (QED) is 0.396. The van der Waals surface area contributed by atoms with Crippen molar-refractivity contribution in [1.29, 1.82) is 0 Å². The first kappa shape index (κ1) is 17.1. The van der Waals surface area contributed by atoms with Crippen molar-refractivity contribution in [3.05, 3.63) is 0 Å². The molecule has 6 nitrogen and oxygen atoms in total. The zero-order valence-corrected chi connectivity index (χ0v) is 13.0. The van der Waals surface area contributed by atoms with Crippen molar-refractivity contribution < 1.29 is 28.2 Å². The molecule has 0 bridgehead atoms. The lowest BCUT2D eigenvalue weighted by molar-refractivity contribution is -0.0324. The van der Waals surface area contributed by atoms with Gasteiger partial charge in [-0.1, -0.05) is 13.8 Å². The average Bonchev–Trinajstić information content (AvgIpc) is 2.66. The summed E-state index contributed by atoms with van der Waals surface area (Å²) in [6.45, 7) is 4.46. The molecule has 1 N–H and O–H groups in total. The van der Waals surface area contributed by atoms with Crippen molar-refractivity contribution in [2.24, 2.45) is 0 Å². The summed E-state index contributed by atoms with van der Waals surface area (Å²) in [4.78, 5) is 9.67. The molecule has 1 aliphatic rings. The van der Waals surface area contributed by atoms with E-state index in [2.05, 4.69) is 0 Å². The first-order valence-corrected chi connectivity index (χ1v) is 8.47. The maximum Gasteiger partial charge on any atom is 0.328 e. The van der Waals surface area contributed by atoms with E-state index < -0.39 is 13.7 Å². The van der Waals surface area contributed by atoms with Gasteiger partial charge in [0.05, 0.1) is 25.3 Å². The second kappa shape index (κ2) is 7.77. The Morgan fingerprint density at radius 3 is 2.53 bits per heavy atom. The smallest absolute Gasteiger partial charge is 0.328 e.